The lowest BCUT2D eigenvalue weighted by Gasteiger charge is -2.20. The molecule has 2 aromatic carbocycles. The molecule has 0 spiro atoms. The van der Waals surface area contributed by atoms with E-state index >= 15 is 0 Å². The first-order valence-electron chi connectivity index (χ1n) is 13.8. The summed E-state index contributed by atoms with van der Waals surface area (Å²) in [5.41, 5.74) is 2.23. The van der Waals surface area contributed by atoms with Gasteiger partial charge < -0.3 is 14.2 Å². The number of rotatable bonds is 11. The van der Waals surface area contributed by atoms with Crippen molar-refractivity contribution in [1.29, 1.82) is 5.41 Å². The fourth-order valence-corrected chi connectivity index (χ4v) is 5.50. The molecule has 0 radical (unpaired) electrons. The maximum Gasteiger partial charge on any atom is 0.283 e. The molecule has 1 amide bonds. The number of nitrogens with one attached hydrogen (secondary N) is 1. The van der Waals surface area contributed by atoms with Crippen LogP contribution in [-0.4, -0.2) is 46.8 Å². The number of amidine groups is 2. The summed E-state index contributed by atoms with van der Waals surface area (Å²) in [6.07, 6.45) is 3.54. The molecule has 0 aromatic heterocycles. The zero-order chi connectivity index (χ0) is 28.9. The topological polar surface area (TPSA) is 96.6 Å². The average molecular weight is 563 g/mol. The highest BCUT2D eigenvalue weighted by molar-refractivity contribution is 8.27. The van der Waals surface area contributed by atoms with Gasteiger partial charge in [0.25, 0.3) is 5.91 Å². The van der Waals surface area contributed by atoms with Crippen LogP contribution >= 0.6 is 11.8 Å². The molecule has 2 heterocycles. The maximum absolute atomic E-state index is 12.8. The molecular formula is C31H38N4O4S. The number of carbonyl (C=O) groups excluding carboxylic acids is 1. The largest absolute Gasteiger partial charge is 0.490 e. The first kappa shape index (κ1) is 29.4. The number of aliphatic imine (C=N–C) groups is 1. The van der Waals surface area contributed by atoms with E-state index in [0.29, 0.717) is 42.1 Å². The van der Waals surface area contributed by atoms with Crippen molar-refractivity contribution in [3.8, 4) is 17.2 Å². The number of hydrogen-bond donors (Lipinski definition) is 1. The molecule has 0 aliphatic carbocycles. The lowest BCUT2D eigenvalue weighted by Crippen LogP contribution is -2.35. The number of fused-ring (bicyclic) bond motifs is 1. The van der Waals surface area contributed by atoms with Gasteiger partial charge in [0, 0.05) is 5.92 Å². The van der Waals surface area contributed by atoms with Crippen LogP contribution in [0.2, 0.25) is 0 Å². The van der Waals surface area contributed by atoms with Crippen LogP contribution in [0.1, 0.15) is 65.5 Å². The predicted molar refractivity (Wildman–Crippen MR) is 163 cm³/mol. The van der Waals surface area contributed by atoms with Crippen LogP contribution in [0.15, 0.2) is 58.1 Å². The van der Waals surface area contributed by atoms with Gasteiger partial charge in [-0.15, -0.1) is 0 Å². The average Bonchev–Trinajstić information content (AvgIpc) is 3.34. The molecule has 0 atom stereocenters. The van der Waals surface area contributed by atoms with Gasteiger partial charge >= 0.3 is 0 Å². The van der Waals surface area contributed by atoms with E-state index in [-0.39, 0.29) is 22.7 Å². The lowest BCUT2D eigenvalue weighted by atomic mass is 9.87. The minimum Gasteiger partial charge on any atom is -0.490 e. The Kier molecular flexibility index (Phi) is 9.35. The molecule has 2 aromatic rings. The quantitative estimate of drug-likeness (QED) is 0.236. The summed E-state index contributed by atoms with van der Waals surface area (Å²) < 4.78 is 17.6. The molecule has 0 saturated heterocycles. The van der Waals surface area contributed by atoms with Gasteiger partial charge in [0.2, 0.25) is 5.17 Å². The molecule has 2 aliphatic heterocycles. The van der Waals surface area contributed by atoms with Crippen LogP contribution in [0.5, 0.6) is 17.2 Å². The van der Waals surface area contributed by atoms with E-state index in [4.69, 9.17) is 19.6 Å². The van der Waals surface area contributed by atoms with Gasteiger partial charge in [0.1, 0.15) is 24.0 Å². The van der Waals surface area contributed by atoms with Crippen molar-refractivity contribution in [3.05, 3.63) is 59.2 Å². The van der Waals surface area contributed by atoms with Crippen LogP contribution in [0, 0.1) is 11.3 Å². The van der Waals surface area contributed by atoms with Crippen LogP contribution in [0.4, 0.5) is 0 Å². The van der Waals surface area contributed by atoms with Crippen LogP contribution in [0.3, 0.4) is 0 Å². The summed E-state index contributed by atoms with van der Waals surface area (Å²) in [7, 11) is 0. The molecule has 8 nitrogen and oxygen atoms in total. The van der Waals surface area contributed by atoms with Crippen molar-refractivity contribution in [1.82, 2.24) is 5.01 Å². The highest BCUT2D eigenvalue weighted by Gasteiger charge is 2.37. The van der Waals surface area contributed by atoms with Crippen molar-refractivity contribution >= 4 is 39.8 Å². The van der Waals surface area contributed by atoms with Gasteiger partial charge in [-0.05, 0) is 78.4 Å². The number of benzene rings is 2. The molecule has 0 saturated carbocycles. The van der Waals surface area contributed by atoms with Gasteiger partial charge in [-0.2, -0.15) is 15.1 Å². The van der Waals surface area contributed by atoms with Gasteiger partial charge in [-0.3, -0.25) is 10.2 Å². The highest BCUT2D eigenvalue weighted by Crippen LogP contribution is 2.34. The molecule has 4 rings (SSSR count). The Morgan fingerprint density at radius 1 is 0.975 bits per heavy atom. The Morgan fingerprint density at radius 2 is 1.68 bits per heavy atom. The standard InChI is InChI=1S/C31H38N4O4S/c1-7-21(8-2)29-34-35-27(32)24(28(36)33-30(35)40-29)18-20-10-15-25(26(19-20)37-9-3)39-17-16-38-23-13-11-22(12-14-23)31(4,5)6/h10-15,18-19,21,32H,7-9,16-17H2,1-6H3/b24-18-,32-27?. The Labute approximate surface area is 241 Å². The molecule has 0 bridgehead atoms. The van der Waals surface area contributed by atoms with Crippen LogP contribution in [0.25, 0.3) is 6.08 Å². The van der Waals surface area contributed by atoms with Gasteiger partial charge in [-0.25, -0.2) is 0 Å². The van der Waals surface area contributed by atoms with Gasteiger partial charge in [0.15, 0.2) is 17.3 Å². The van der Waals surface area contributed by atoms with Crippen molar-refractivity contribution < 1.29 is 19.0 Å². The highest BCUT2D eigenvalue weighted by atomic mass is 32.2. The second kappa shape index (κ2) is 12.7. The Hall–Kier alpha value is -3.59. The first-order valence-corrected chi connectivity index (χ1v) is 14.6. The second-order valence-corrected chi connectivity index (χ2v) is 11.6. The number of thioether (sulfide) groups is 1. The number of hydrazone groups is 1. The normalized spacial score (nSPS) is 16.3. The van der Waals surface area contributed by atoms with E-state index in [9.17, 15) is 4.79 Å². The van der Waals surface area contributed by atoms with E-state index in [0.717, 1.165) is 23.6 Å². The Morgan fingerprint density at radius 3 is 2.33 bits per heavy atom. The second-order valence-electron chi connectivity index (χ2n) is 10.6. The SMILES string of the molecule is CCOc1cc(/C=C2/C(=N)N3N=C(C(CC)CC)SC3=NC2=O)ccc1OCCOc1ccc(C(C)(C)C)cc1. The van der Waals surface area contributed by atoms with E-state index in [1.807, 2.05) is 25.1 Å². The van der Waals surface area contributed by atoms with Gasteiger partial charge in [-0.1, -0.05) is 52.8 Å². The summed E-state index contributed by atoms with van der Waals surface area (Å²) in [5, 5.41) is 16.1. The Bertz CT molecular complexity index is 1340. The van der Waals surface area contributed by atoms with E-state index in [2.05, 4.69) is 56.8 Å². The van der Waals surface area contributed by atoms with Crippen molar-refractivity contribution in [2.75, 3.05) is 19.8 Å². The third-order valence-corrected chi connectivity index (χ3v) is 7.78. The molecule has 212 valence electrons. The fourth-order valence-electron chi connectivity index (χ4n) is 4.34. The summed E-state index contributed by atoms with van der Waals surface area (Å²) >= 11 is 1.38. The predicted octanol–water partition coefficient (Wildman–Crippen LogP) is 6.90. The number of nitrogens with zero attached hydrogens (tertiary/aromatic N) is 3. The molecular weight excluding hydrogens is 524 g/mol. The summed E-state index contributed by atoms with van der Waals surface area (Å²) in [6.45, 7) is 13.8. The minimum absolute atomic E-state index is 0.0226. The zero-order valence-corrected chi connectivity index (χ0v) is 24.9. The smallest absolute Gasteiger partial charge is 0.283 e. The number of amides is 1. The van der Waals surface area contributed by atoms with Crippen LogP contribution < -0.4 is 14.2 Å². The summed E-state index contributed by atoms with van der Waals surface area (Å²) in [4.78, 5) is 17.1. The third kappa shape index (κ3) is 6.75. The van der Waals surface area contributed by atoms with Crippen molar-refractivity contribution in [2.45, 2.75) is 59.8 Å². The van der Waals surface area contributed by atoms with E-state index < -0.39 is 5.91 Å². The first-order chi connectivity index (χ1) is 19.1. The molecule has 9 heteroatoms. The van der Waals surface area contributed by atoms with E-state index in [1.165, 1.54) is 22.3 Å². The Balaban J connectivity index is 1.43. The number of hydrogen-bond acceptors (Lipinski definition) is 7. The van der Waals surface area contributed by atoms with Crippen molar-refractivity contribution in [2.24, 2.45) is 16.0 Å². The fraction of sp³-hybridized carbons (Fsp3) is 0.419. The lowest BCUT2D eigenvalue weighted by molar-refractivity contribution is -0.114. The minimum atomic E-state index is -0.448. The number of ether oxygens (including phenoxy) is 3. The number of carbonyl (C=O) groups is 1. The van der Waals surface area contributed by atoms with Gasteiger partial charge in [0.05, 0.1) is 12.2 Å². The third-order valence-electron chi connectivity index (χ3n) is 6.71. The summed E-state index contributed by atoms with van der Waals surface area (Å²) in [6, 6.07) is 13.6. The molecule has 40 heavy (non-hydrogen) atoms. The van der Waals surface area contributed by atoms with Crippen molar-refractivity contribution in [3.63, 3.8) is 0 Å². The van der Waals surface area contributed by atoms with E-state index in [1.54, 1.807) is 18.2 Å². The molecule has 0 unspecified atom stereocenters. The van der Waals surface area contributed by atoms with Crippen LogP contribution in [-0.2, 0) is 10.2 Å². The maximum atomic E-state index is 12.8. The molecule has 2 aliphatic rings. The molecule has 1 N–H and O–H groups in total. The summed E-state index contributed by atoms with van der Waals surface area (Å²) in [5.74, 6) is 1.79. The zero-order valence-electron chi connectivity index (χ0n) is 24.1. The molecule has 0 fully saturated rings. The monoisotopic (exact) mass is 562 g/mol.